The number of halogens is 3. The zero-order valence-corrected chi connectivity index (χ0v) is 45.0. The predicted octanol–water partition coefficient (Wildman–Crippen LogP) is 6.66. The molecule has 3 atom stereocenters. The van der Waals surface area contributed by atoms with Crippen LogP contribution in [0.2, 0.25) is 0 Å². The maximum absolute atomic E-state index is 15.2. The van der Waals surface area contributed by atoms with Crippen LogP contribution >= 0.6 is 19.2 Å². The Kier molecular flexibility index (Phi) is 13.8. The van der Waals surface area contributed by atoms with E-state index in [1.807, 2.05) is 19.1 Å². The molecule has 3 saturated heterocycles. The summed E-state index contributed by atoms with van der Waals surface area (Å²) in [6.07, 6.45) is 2.22. The van der Waals surface area contributed by atoms with Crippen molar-refractivity contribution in [1.29, 1.82) is 0 Å². The van der Waals surface area contributed by atoms with Gasteiger partial charge < -0.3 is 39.1 Å². The maximum atomic E-state index is 15.2. The van der Waals surface area contributed by atoms with Crippen LogP contribution in [0.4, 0.5) is 41.9 Å². The summed E-state index contributed by atoms with van der Waals surface area (Å²) in [5, 5.41) is 5.01. The van der Waals surface area contributed by atoms with E-state index in [4.69, 9.17) is 13.4 Å². The summed E-state index contributed by atoms with van der Waals surface area (Å²) < 4.78 is 93.4. The number of piperazine rings is 1. The van der Waals surface area contributed by atoms with E-state index in [1.165, 1.54) is 64.1 Å². The number of nitrogens with one attached hydrogen (secondary N) is 2. The van der Waals surface area contributed by atoms with E-state index in [2.05, 4.69) is 30.4 Å². The van der Waals surface area contributed by atoms with Crippen molar-refractivity contribution in [3.8, 4) is 11.1 Å². The van der Waals surface area contributed by atoms with E-state index in [0.29, 0.717) is 47.6 Å². The number of phosphoric acid groups is 1. The number of carbonyl (C=O) groups is 4. The quantitative estimate of drug-likeness (QED) is 0.0548. The Bertz CT molecular complexity index is 3500. The average molecular weight is 1130 g/mol. The van der Waals surface area contributed by atoms with Gasteiger partial charge in [-0.1, -0.05) is 0 Å². The number of aromatic nitrogens is 3. The predicted molar refractivity (Wildman–Crippen MR) is 287 cm³/mol. The number of pyridine rings is 3. The normalized spacial score (nSPS) is 21.5. The SMILES string of the molecule is [2H]C([2H])([2H])n1cc(-c2ccnc(N3CCc4c(sc5c4CCCC5)C3=O)c2COC(C)OP(=O)(O)O)cc(Nc2ccc(N3CCN(C4CCN(c5ccc6c(c5)CN(C5CCC(=O)NC5=O)C6=O)CC4)C[C@@H]3C)c(C(F)(F)F)n2)c1=O. The summed E-state index contributed by atoms with van der Waals surface area (Å²) in [4.78, 5) is 105. The lowest BCUT2D eigenvalue weighted by Crippen LogP contribution is -2.57. The molecule has 4 aromatic heterocycles. The molecular formula is C54H60F3N10O10PS. The van der Waals surface area contributed by atoms with Gasteiger partial charge in [-0.15, -0.1) is 11.3 Å². The Balaban J connectivity index is 0.816. The number of hydrogen-bond donors (Lipinski definition) is 4. The van der Waals surface area contributed by atoms with Crippen molar-refractivity contribution in [1.82, 2.24) is 29.7 Å². The van der Waals surface area contributed by atoms with Crippen LogP contribution < -0.4 is 30.9 Å². The van der Waals surface area contributed by atoms with Crippen LogP contribution in [0.1, 0.15) is 109 Å². The summed E-state index contributed by atoms with van der Waals surface area (Å²) in [6.45, 7) is 2.53. The molecule has 79 heavy (non-hydrogen) atoms. The van der Waals surface area contributed by atoms with E-state index in [-0.39, 0.29) is 90.5 Å². The topological polar surface area (TPSA) is 232 Å². The smallest absolute Gasteiger partial charge is 0.371 e. The molecule has 0 spiro atoms. The second kappa shape index (κ2) is 21.5. The first-order valence-corrected chi connectivity index (χ1v) is 28.7. The minimum Gasteiger partial charge on any atom is -0.371 e. The van der Waals surface area contributed by atoms with Crippen molar-refractivity contribution in [2.24, 2.45) is 6.98 Å². The monoisotopic (exact) mass is 1130 g/mol. The van der Waals surface area contributed by atoms with Crippen LogP contribution in [0.15, 0.2) is 59.7 Å². The number of carbonyl (C=O) groups excluding carboxylic acids is 4. The Hall–Kier alpha value is -6.53. The molecule has 1 aliphatic carbocycles. The minimum absolute atomic E-state index is 0.0341. The largest absolute Gasteiger partial charge is 0.471 e. The van der Waals surface area contributed by atoms with Crippen LogP contribution in [0.3, 0.4) is 0 Å². The zero-order valence-electron chi connectivity index (χ0n) is 46.3. The Labute approximate surface area is 461 Å². The number of alkyl halides is 3. The van der Waals surface area contributed by atoms with Gasteiger partial charge >= 0.3 is 14.0 Å². The number of anilines is 5. The van der Waals surface area contributed by atoms with E-state index < -0.39 is 68.6 Å². The highest BCUT2D eigenvalue weighted by Crippen LogP contribution is 2.43. The number of hydrogen-bond acceptors (Lipinski definition) is 15. The van der Waals surface area contributed by atoms with Gasteiger partial charge in [0.25, 0.3) is 17.4 Å². The van der Waals surface area contributed by atoms with Gasteiger partial charge in [0.15, 0.2) is 12.0 Å². The molecule has 20 nitrogen and oxygen atoms in total. The number of thiophene rings is 1. The Morgan fingerprint density at radius 1 is 0.924 bits per heavy atom. The molecule has 6 aliphatic rings. The third kappa shape index (κ3) is 11.0. The Morgan fingerprint density at radius 2 is 1.72 bits per heavy atom. The Morgan fingerprint density at radius 3 is 2.47 bits per heavy atom. The fraction of sp³-hybridized carbons (Fsp3) is 0.463. The van der Waals surface area contributed by atoms with Crippen LogP contribution in [-0.2, 0) is 69.0 Å². The van der Waals surface area contributed by atoms with Crippen molar-refractivity contribution < 1.29 is 60.1 Å². The molecule has 0 radical (unpaired) electrons. The molecule has 418 valence electrons. The third-order valence-electron chi connectivity index (χ3n) is 15.9. The molecule has 3 fully saturated rings. The number of piperidine rings is 2. The molecule has 4 N–H and O–H groups in total. The maximum Gasteiger partial charge on any atom is 0.471 e. The van der Waals surface area contributed by atoms with Gasteiger partial charge in [-0.25, -0.2) is 14.5 Å². The molecule has 0 bridgehead atoms. The lowest BCUT2D eigenvalue weighted by atomic mass is 9.92. The molecule has 11 rings (SSSR count). The first-order chi connectivity index (χ1) is 38.9. The van der Waals surface area contributed by atoms with Gasteiger partial charge in [0.1, 0.15) is 23.4 Å². The van der Waals surface area contributed by atoms with Gasteiger partial charge in [-0.05, 0) is 130 Å². The number of rotatable bonds is 13. The van der Waals surface area contributed by atoms with Gasteiger partial charge in [-0.2, -0.15) is 13.2 Å². The summed E-state index contributed by atoms with van der Waals surface area (Å²) in [5.41, 5.74) is 1.88. The number of fused-ring (bicyclic) bond motifs is 4. The van der Waals surface area contributed by atoms with Crippen molar-refractivity contribution >= 4 is 71.5 Å². The van der Waals surface area contributed by atoms with Gasteiger partial charge in [0, 0.05) is 115 Å². The van der Waals surface area contributed by atoms with E-state index in [1.54, 1.807) is 11.0 Å². The van der Waals surface area contributed by atoms with Crippen LogP contribution in [-0.4, -0.2) is 121 Å². The van der Waals surface area contributed by atoms with Gasteiger partial charge in [0.05, 0.1) is 17.2 Å². The molecule has 0 saturated carbocycles. The first kappa shape index (κ1) is 50.7. The lowest BCUT2D eigenvalue weighted by molar-refractivity contribution is -0.140. The molecule has 2 unspecified atom stereocenters. The van der Waals surface area contributed by atoms with Gasteiger partial charge in [0.2, 0.25) is 11.8 Å². The molecule has 4 amide bonds. The minimum atomic E-state index is -5.04. The molecule has 5 aliphatic heterocycles. The molecule has 9 heterocycles. The van der Waals surface area contributed by atoms with E-state index in [0.717, 1.165) is 66.4 Å². The van der Waals surface area contributed by atoms with Crippen LogP contribution in [0, 0.1) is 0 Å². The number of phosphoric ester groups is 1. The lowest BCUT2D eigenvalue weighted by Gasteiger charge is -2.47. The second-order valence-corrected chi connectivity index (χ2v) is 23.2. The average Bonchev–Trinajstić information content (AvgIpc) is 2.30. The number of aryl methyl sites for hydroxylation is 2. The van der Waals surface area contributed by atoms with Crippen molar-refractivity contribution in [2.75, 3.05) is 59.3 Å². The summed E-state index contributed by atoms with van der Waals surface area (Å²) in [6, 6.07) is 10.0. The van der Waals surface area contributed by atoms with Crippen molar-refractivity contribution in [2.45, 2.75) is 115 Å². The highest BCUT2D eigenvalue weighted by molar-refractivity contribution is 7.46. The van der Waals surface area contributed by atoms with E-state index in [9.17, 15) is 38.3 Å². The first-order valence-electron chi connectivity index (χ1n) is 27.8. The van der Waals surface area contributed by atoms with Gasteiger partial charge in [-0.3, -0.25) is 43.6 Å². The van der Waals surface area contributed by atoms with Crippen LogP contribution in [0.5, 0.6) is 0 Å². The molecule has 25 heteroatoms. The molecule has 1 aromatic carbocycles. The highest BCUT2D eigenvalue weighted by atomic mass is 32.1. The zero-order chi connectivity index (χ0) is 58.2. The summed E-state index contributed by atoms with van der Waals surface area (Å²) >= 11 is 1.44. The number of imide groups is 1. The summed E-state index contributed by atoms with van der Waals surface area (Å²) in [7, 11) is -5.04. The number of amides is 4. The standard InChI is InChI=1S/C54H60F3N10O10PS/c1-30-26-64(34-15-19-63(20-16-34)35-8-9-37-32(24-35)28-67(51(37)70)43-11-13-46(68)61-50(43)69)22-23-65(30)42-10-12-45(60-48(42)54(55,56)57)59-41-25-33(27-62(3)52(41)71)36-14-18-58-49(40(36)29-76-31(2)77-78(73,74)75)66-21-17-39-38-6-4-5-7-44(38)79-47(39)53(66)72/h8-10,12,14,18,24-25,27,30-31,34,43H,4-7,11,13,15-17,19-23,26,28-29H2,1-3H3,(H,59,60)(H,61,68,69)(H2,73,74,75)/t30-,31?,43?/m0/s1/i3D3. The van der Waals surface area contributed by atoms with E-state index >= 15 is 13.2 Å². The van der Waals surface area contributed by atoms with Crippen LogP contribution in [0.25, 0.3) is 11.1 Å². The third-order valence-corrected chi connectivity index (χ3v) is 17.8. The number of ether oxygens (including phenoxy) is 1. The van der Waals surface area contributed by atoms with Crippen molar-refractivity contribution in [3.05, 3.63) is 108 Å². The summed E-state index contributed by atoms with van der Waals surface area (Å²) in [5.74, 6) is -1.71. The molecule has 5 aromatic rings. The number of benzene rings is 1. The fourth-order valence-corrected chi connectivity index (χ4v) is 13.9. The number of nitrogens with zero attached hydrogens (tertiary/aromatic N) is 8. The van der Waals surface area contributed by atoms with Crippen molar-refractivity contribution in [3.63, 3.8) is 0 Å². The second-order valence-electron chi connectivity index (χ2n) is 20.9. The highest BCUT2D eigenvalue weighted by Gasteiger charge is 2.42. The molecular weight excluding hydrogens is 1070 g/mol. The fourth-order valence-electron chi connectivity index (χ4n) is 12.1.